The van der Waals surface area contributed by atoms with E-state index < -0.39 is 0 Å². The molecule has 2 aromatic rings. The van der Waals surface area contributed by atoms with Crippen molar-refractivity contribution in [3.05, 3.63) is 57.0 Å². The van der Waals surface area contributed by atoms with Gasteiger partial charge in [0.25, 0.3) is 11.8 Å². The summed E-state index contributed by atoms with van der Waals surface area (Å²) < 4.78 is 7.22. The van der Waals surface area contributed by atoms with Crippen LogP contribution in [0.15, 0.2) is 51.4 Å². The minimum Gasteiger partial charge on any atom is -0.483 e. The summed E-state index contributed by atoms with van der Waals surface area (Å²) in [6.45, 7) is 3.73. The van der Waals surface area contributed by atoms with Gasteiger partial charge in [0.15, 0.2) is 6.61 Å². The molecule has 0 saturated carbocycles. The summed E-state index contributed by atoms with van der Waals surface area (Å²) >= 11 is 6.77. The van der Waals surface area contributed by atoms with Gasteiger partial charge in [0, 0.05) is 28.8 Å². The monoisotopic (exact) mass is 508 g/mol. The molecule has 0 aromatic heterocycles. The summed E-state index contributed by atoms with van der Waals surface area (Å²) in [6, 6.07) is 12.5. The van der Waals surface area contributed by atoms with Crippen molar-refractivity contribution in [2.24, 2.45) is 5.92 Å². The number of carbonyl (C=O) groups is 2. The van der Waals surface area contributed by atoms with Crippen LogP contribution in [0.25, 0.3) is 0 Å². The Bertz CT molecular complexity index is 847. The maximum atomic E-state index is 12.6. The number of rotatable bonds is 5. The number of ether oxygens (including phenoxy) is 1. The summed E-state index contributed by atoms with van der Waals surface area (Å²) in [5, 5.41) is 2.78. The third-order valence-corrected chi connectivity index (χ3v) is 5.85. The fourth-order valence-electron chi connectivity index (χ4n) is 3.02. The first-order chi connectivity index (χ1) is 13.4. The van der Waals surface area contributed by atoms with Gasteiger partial charge in [-0.05, 0) is 77.2 Å². The second-order valence-corrected chi connectivity index (χ2v) is 8.73. The lowest BCUT2D eigenvalue weighted by atomic mass is 9.98. The van der Waals surface area contributed by atoms with Crippen LogP contribution in [0.2, 0.25) is 0 Å². The zero-order valence-corrected chi connectivity index (χ0v) is 18.8. The molecule has 0 atom stereocenters. The molecular formula is C21H22Br2N2O3. The predicted molar refractivity (Wildman–Crippen MR) is 117 cm³/mol. The SMILES string of the molecule is CC1CCN(C(=O)c2ccc(NC(=O)COc3ccc(Br)cc3Br)cc2)CC1. The average Bonchev–Trinajstić information content (AvgIpc) is 2.68. The lowest BCUT2D eigenvalue weighted by Crippen LogP contribution is -2.37. The number of carbonyl (C=O) groups excluding carboxylic acids is 2. The van der Waals surface area contributed by atoms with Crippen molar-refractivity contribution in [1.29, 1.82) is 0 Å². The largest absolute Gasteiger partial charge is 0.483 e. The van der Waals surface area contributed by atoms with E-state index in [0.717, 1.165) is 34.9 Å². The van der Waals surface area contributed by atoms with Crippen molar-refractivity contribution in [3.8, 4) is 5.75 Å². The first-order valence-corrected chi connectivity index (χ1v) is 10.8. The second kappa shape index (κ2) is 9.56. The van der Waals surface area contributed by atoms with E-state index in [1.165, 1.54) is 0 Å². The molecule has 0 aliphatic carbocycles. The van der Waals surface area contributed by atoms with Gasteiger partial charge in [0.05, 0.1) is 4.47 Å². The highest BCUT2D eigenvalue weighted by atomic mass is 79.9. The van der Waals surface area contributed by atoms with Gasteiger partial charge < -0.3 is 15.0 Å². The Kier molecular flexibility index (Phi) is 7.13. The molecule has 1 fully saturated rings. The van der Waals surface area contributed by atoms with Crippen molar-refractivity contribution in [3.63, 3.8) is 0 Å². The third kappa shape index (κ3) is 5.58. The van der Waals surface area contributed by atoms with Crippen LogP contribution in [0.4, 0.5) is 5.69 Å². The van der Waals surface area contributed by atoms with Gasteiger partial charge in [-0.3, -0.25) is 9.59 Å². The van der Waals surface area contributed by atoms with Gasteiger partial charge in [0.2, 0.25) is 0 Å². The molecule has 28 heavy (non-hydrogen) atoms. The number of amides is 2. The molecule has 1 saturated heterocycles. The number of nitrogens with zero attached hydrogens (tertiary/aromatic N) is 1. The summed E-state index contributed by atoms with van der Waals surface area (Å²) in [4.78, 5) is 26.6. The Morgan fingerprint density at radius 2 is 1.79 bits per heavy atom. The van der Waals surface area contributed by atoms with Gasteiger partial charge in [-0.25, -0.2) is 0 Å². The van der Waals surface area contributed by atoms with Crippen molar-refractivity contribution < 1.29 is 14.3 Å². The predicted octanol–water partition coefficient (Wildman–Crippen LogP) is 5.10. The third-order valence-electron chi connectivity index (χ3n) is 4.74. The van der Waals surface area contributed by atoms with Gasteiger partial charge >= 0.3 is 0 Å². The first kappa shape index (κ1) is 20.9. The molecule has 0 unspecified atom stereocenters. The standard InChI is InChI=1S/C21H22Br2N2O3/c1-14-8-10-25(11-9-14)21(27)15-2-5-17(6-3-15)24-20(26)13-28-19-7-4-16(22)12-18(19)23/h2-7,12,14H,8-11,13H2,1H3,(H,24,26). The minimum absolute atomic E-state index is 0.0493. The quantitative estimate of drug-likeness (QED) is 0.609. The molecule has 1 aliphatic heterocycles. The molecule has 7 heteroatoms. The maximum absolute atomic E-state index is 12.6. The molecule has 0 spiro atoms. The molecule has 1 aliphatic rings. The van der Waals surface area contributed by atoms with Gasteiger partial charge in [-0.15, -0.1) is 0 Å². The molecule has 148 valence electrons. The van der Waals surface area contributed by atoms with Gasteiger partial charge in [-0.1, -0.05) is 22.9 Å². The van der Waals surface area contributed by atoms with Crippen molar-refractivity contribution in [1.82, 2.24) is 4.90 Å². The van der Waals surface area contributed by atoms with Crippen LogP contribution in [0.1, 0.15) is 30.1 Å². The summed E-state index contributed by atoms with van der Waals surface area (Å²) in [5.74, 6) is 1.06. The first-order valence-electron chi connectivity index (χ1n) is 9.19. The maximum Gasteiger partial charge on any atom is 0.262 e. The summed E-state index contributed by atoms with van der Waals surface area (Å²) in [7, 11) is 0. The van der Waals surface area contributed by atoms with Crippen LogP contribution in [0.3, 0.4) is 0 Å². The fraction of sp³-hybridized carbons (Fsp3) is 0.333. The molecular weight excluding hydrogens is 488 g/mol. The number of likely N-dealkylation sites (tertiary alicyclic amines) is 1. The van der Waals surface area contributed by atoms with Crippen molar-refractivity contribution >= 4 is 49.4 Å². The normalized spacial score (nSPS) is 14.6. The highest BCUT2D eigenvalue weighted by Gasteiger charge is 2.21. The Morgan fingerprint density at radius 1 is 1.11 bits per heavy atom. The molecule has 0 bridgehead atoms. The average molecular weight is 510 g/mol. The van der Waals surface area contributed by atoms with Crippen LogP contribution >= 0.6 is 31.9 Å². The zero-order valence-electron chi connectivity index (χ0n) is 15.6. The smallest absolute Gasteiger partial charge is 0.262 e. The van der Waals surface area contributed by atoms with Crippen LogP contribution < -0.4 is 10.1 Å². The number of hydrogen-bond acceptors (Lipinski definition) is 3. The zero-order chi connectivity index (χ0) is 20.1. The molecule has 0 radical (unpaired) electrons. The lowest BCUT2D eigenvalue weighted by Gasteiger charge is -2.30. The Morgan fingerprint density at radius 3 is 2.43 bits per heavy atom. The Balaban J connectivity index is 1.52. The number of benzene rings is 2. The van der Waals surface area contributed by atoms with Crippen LogP contribution in [-0.2, 0) is 4.79 Å². The number of piperidine rings is 1. The van der Waals surface area contributed by atoms with E-state index in [1.54, 1.807) is 30.3 Å². The number of halogens is 2. The number of hydrogen-bond donors (Lipinski definition) is 1. The van der Waals surface area contributed by atoms with E-state index >= 15 is 0 Å². The van der Waals surface area contributed by atoms with E-state index in [1.807, 2.05) is 17.0 Å². The van der Waals surface area contributed by atoms with Crippen molar-refractivity contribution in [2.45, 2.75) is 19.8 Å². The minimum atomic E-state index is -0.265. The van der Waals surface area contributed by atoms with E-state index in [9.17, 15) is 9.59 Å². The Labute approximate surface area is 181 Å². The highest BCUT2D eigenvalue weighted by Crippen LogP contribution is 2.28. The molecule has 3 rings (SSSR count). The highest BCUT2D eigenvalue weighted by molar-refractivity contribution is 9.11. The molecule has 5 nitrogen and oxygen atoms in total. The van der Waals surface area contributed by atoms with E-state index in [-0.39, 0.29) is 18.4 Å². The van der Waals surface area contributed by atoms with Crippen LogP contribution in [0.5, 0.6) is 5.75 Å². The second-order valence-electron chi connectivity index (χ2n) is 6.96. The van der Waals surface area contributed by atoms with Crippen LogP contribution in [-0.4, -0.2) is 36.4 Å². The van der Waals surface area contributed by atoms with Gasteiger partial charge in [-0.2, -0.15) is 0 Å². The summed E-state index contributed by atoms with van der Waals surface area (Å²) in [6.07, 6.45) is 2.10. The Hall–Kier alpha value is -1.86. The topological polar surface area (TPSA) is 58.6 Å². The molecule has 2 aromatic carbocycles. The molecule has 1 N–H and O–H groups in total. The summed E-state index contributed by atoms with van der Waals surface area (Å²) in [5.41, 5.74) is 1.27. The number of anilines is 1. The van der Waals surface area contributed by atoms with Gasteiger partial charge in [0.1, 0.15) is 5.75 Å². The molecule has 2 amide bonds. The van der Waals surface area contributed by atoms with Crippen LogP contribution in [0, 0.1) is 5.92 Å². The van der Waals surface area contributed by atoms with E-state index in [0.29, 0.717) is 22.9 Å². The van der Waals surface area contributed by atoms with E-state index in [2.05, 4.69) is 44.1 Å². The molecule has 1 heterocycles. The number of nitrogens with one attached hydrogen (secondary N) is 1. The fourth-order valence-corrected chi connectivity index (χ4v) is 4.18. The van der Waals surface area contributed by atoms with Crippen molar-refractivity contribution in [2.75, 3.05) is 25.0 Å². The van der Waals surface area contributed by atoms with E-state index in [4.69, 9.17) is 4.74 Å². The lowest BCUT2D eigenvalue weighted by molar-refractivity contribution is -0.118.